The van der Waals surface area contributed by atoms with E-state index in [-0.39, 0.29) is 5.69 Å². The first-order valence-corrected chi connectivity index (χ1v) is 10.1. The number of hydrogen-bond donors (Lipinski definition) is 1. The molecule has 4 rings (SSSR count). The Morgan fingerprint density at radius 3 is 2.76 bits per heavy atom. The molecule has 1 amide bonds. The second-order valence-electron chi connectivity index (χ2n) is 5.86. The summed E-state index contributed by atoms with van der Waals surface area (Å²) in [5.41, 5.74) is 2.43. The smallest absolute Gasteiger partial charge is 0.281 e. The third-order valence-corrected chi connectivity index (χ3v) is 5.90. The largest absolute Gasteiger partial charge is 0.448 e. The predicted octanol–water partition coefficient (Wildman–Crippen LogP) is 5.32. The van der Waals surface area contributed by atoms with Crippen LogP contribution in [0.5, 0.6) is 0 Å². The summed E-state index contributed by atoms with van der Waals surface area (Å²) in [6.45, 7) is 0. The Kier molecular flexibility index (Phi) is 5.41. The Bertz CT molecular complexity index is 1210. The minimum absolute atomic E-state index is 0.0118. The SMILES string of the molecule is O=C(N/N=C\c1ccc(Sc2ccccc2)o1)c1cc2cc([N+](=O)[O-])ccc2s1. The molecule has 0 spiro atoms. The van der Waals surface area contributed by atoms with Gasteiger partial charge in [0.2, 0.25) is 0 Å². The number of rotatable bonds is 6. The first kappa shape index (κ1) is 18.9. The number of furan rings is 1. The average molecular weight is 423 g/mol. The van der Waals surface area contributed by atoms with E-state index in [2.05, 4.69) is 10.5 Å². The highest BCUT2D eigenvalue weighted by Crippen LogP contribution is 2.29. The van der Waals surface area contributed by atoms with Crippen molar-refractivity contribution < 1.29 is 14.1 Å². The molecule has 29 heavy (non-hydrogen) atoms. The highest BCUT2D eigenvalue weighted by atomic mass is 32.2. The van der Waals surface area contributed by atoms with Crippen LogP contribution in [-0.4, -0.2) is 17.0 Å². The Labute approximate surface area is 173 Å². The number of fused-ring (bicyclic) bond motifs is 1. The fourth-order valence-corrected chi connectivity index (χ4v) is 4.26. The second-order valence-corrected chi connectivity index (χ2v) is 8.02. The zero-order chi connectivity index (χ0) is 20.2. The van der Waals surface area contributed by atoms with E-state index in [1.165, 1.54) is 41.4 Å². The number of carbonyl (C=O) groups excluding carboxylic acids is 1. The van der Waals surface area contributed by atoms with Crippen LogP contribution >= 0.6 is 23.1 Å². The van der Waals surface area contributed by atoms with Crippen LogP contribution in [0.25, 0.3) is 10.1 Å². The van der Waals surface area contributed by atoms with Gasteiger partial charge in [0.15, 0.2) is 5.09 Å². The number of hydrazone groups is 1. The van der Waals surface area contributed by atoms with Gasteiger partial charge in [-0.25, -0.2) is 5.43 Å². The van der Waals surface area contributed by atoms with Crippen LogP contribution in [0.1, 0.15) is 15.4 Å². The van der Waals surface area contributed by atoms with Crippen molar-refractivity contribution in [2.75, 3.05) is 0 Å². The van der Waals surface area contributed by atoms with Crippen LogP contribution < -0.4 is 5.43 Å². The van der Waals surface area contributed by atoms with Crippen LogP contribution in [0, 0.1) is 10.1 Å². The van der Waals surface area contributed by atoms with Gasteiger partial charge in [-0.3, -0.25) is 14.9 Å². The lowest BCUT2D eigenvalue weighted by Crippen LogP contribution is -2.15. The molecule has 0 radical (unpaired) electrons. The molecule has 0 saturated carbocycles. The lowest BCUT2D eigenvalue weighted by molar-refractivity contribution is -0.384. The van der Waals surface area contributed by atoms with Crippen molar-refractivity contribution in [3.8, 4) is 0 Å². The summed E-state index contributed by atoms with van der Waals surface area (Å²) in [7, 11) is 0. The normalized spacial score (nSPS) is 11.2. The number of non-ortho nitro benzene ring substituents is 1. The van der Waals surface area contributed by atoms with Crippen molar-refractivity contribution in [2.24, 2.45) is 5.10 Å². The van der Waals surface area contributed by atoms with Crippen molar-refractivity contribution >= 4 is 51.0 Å². The molecule has 0 fully saturated rings. The van der Waals surface area contributed by atoms with Crippen LogP contribution in [0.3, 0.4) is 0 Å². The molecule has 0 aliphatic carbocycles. The standard InChI is InChI=1S/C20H13N3O4S2/c24-20(18-11-13-10-14(23(25)26)6-8-17(13)29-18)22-21-12-15-7-9-19(27-15)28-16-4-2-1-3-5-16/h1-12H,(H,22,24)/b21-12-. The van der Waals surface area contributed by atoms with E-state index in [1.807, 2.05) is 36.4 Å². The molecule has 0 aliphatic rings. The van der Waals surface area contributed by atoms with Gasteiger partial charge in [-0.2, -0.15) is 5.10 Å². The summed E-state index contributed by atoms with van der Waals surface area (Å²) in [6.07, 6.45) is 1.42. The van der Waals surface area contributed by atoms with Crippen molar-refractivity contribution in [2.45, 2.75) is 9.99 Å². The molecular weight excluding hydrogens is 410 g/mol. The van der Waals surface area contributed by atoms with Crippen molar-refractivity contribution in [1.82, 2.24) is 5.43 Å². The van der Waals surface area contributed by atoms with Crippen molar-refractivity contribution in [3.63, 3.8) is 0 Å². The summed E-state index contributed by atoms with van der Waals surface area (Å²) in [4.78, 5) is 24.2. The monoisotopic (exact) mass is 423 g/mol. The van der Waals surface area contributed by atoms with E-state index in [0.29, 0.717) is 16.0 Å². The Morgan fingerprint density at radius 2 is 1.97 bits per heavy atom. The lowest BCUT2D eigenvalue weighted by atomic mass is 10.2. The van der Waals surface area contributed by atoms with Gasteiger partial charge in [0.05, 0.1) is 16.0 Å². The molecule has 0 atom stereocenters. The third-order valence-electron chi connectivity index (χ3n) is 3.86. The number of hydrogen-bond acceptors (Lipinski definition) is 7. The van der Waals surface area contributed by atoms with E-state index < -0.39 is 10.8 Å². The molecule has 1 N–H and O–H groups in total. The summed E-state index contributed by atoms with van der Waals surface area (Å²) < 4.78 is 6.45. The molecule has 0 aliphatic heterocycles. The Hall–Kier alpha value is -3.43. The van der Waals surface area contributed by atoms with Crippen LogP contribution in [0.2, 0.25) is 0 Å². The van der Waals surface area contributed by atoms with Gasteiger partial charge in [-0.05, 0) is 36.4 Å². The quantitative estimate of drug-likeness (QED) is 0.257. The van der Waals surface area contributed by atoms with Gasteiger partial charge in [0, 0.05) is 27.1 Å². The topological polar surface area (TPSA) is 97.7 Å². The van der Waals surface area contributed by atoms with Gasteiger partial charge in [-0.1, -0.05) is 30.0 Å². The summed E-state index contributed by atoms with van der Waals surface area (Å²) >= 11 is 2.73. The third kappa shape index (κ3) is 4.53. The zero-order valence-corrected chi connectivity index (χ0v) is 16.4. The minimum atomic E-state index is -0.463. The van der Waals surface area contributed by atoms with E-state index in [1.54, 1.807) is 18.2 Å². The molecule has 2 heterocycles. The van der Waals surface area contributed by atoms with E-state index >= 15 is 0 Å². The van der Waals surface area contributed by atoms with E-state index in [0.717, 1.165) is 14.7 Å². The lowest BCUT2D eigenvalue weighted by Gasteiger charge is -1.96. The first-order chi connectivity index (χ1) is 14.1. The zero-order valence-electron chi connectivity index (χ0n) is 14.8. The molecule has 0 bridgehead atoms. The minimum Gasteiger partial charge on any atom is -0.448 e. The average Bonchev–Trinajstić information content (AvgIpc) is 3.34. The summed E-state index contributed by atoms with van der Waals surface area (Å²) in [5.74, 6) is 0.117. The molecule has 0 saturated heterocycles. The molecule has 2 aromatic heterocycles. The van der Waals surface area contributed by atoms with Gasteiger partial charge < -0.3 is 4.42 Å². The fourth-order valence-electron chi connectivity index (χ4n) is 2.53. The summed E-state index contributed by atoms with van der Waals surface area (Å²) in [5, 5.41) is 16.2. The maximum atomic E-state index is 12.3. The molecule has 7 nitrogen and oxygen atoms in total. The molecule has 4 aromatic rings. The first-order valence-electron chi connectivity index (χ1n) is 8.42. The highest BCUT2D eigenvalue weighted by molar-refractivity contribution is 7.99. The Balaban J connectivity index is 1.40. The maximum absolute atomic E-state index is 12.3. The van der Waals surface area contributed by atoms with Crippen LogP contribution in [0.15, 0.2) is 86.2 Å². The number of nitrogens with one attached hydrogen (secondary N) is 1. The van der Waals surface area contributed by atoms with Crippen LogP contribution in [-0.2, 0) is 0 Å². The molecule has 0 unspecified atom stereocenters. The van der Waals surface area contributed by atoms with Crippen LogP contribution in [0.4, 0.5) is 5.69 Å². The number of nitrogens with zero attached hydrogens (tertiary/aromatic N) is 2. The highest BCUT2D eigenvalue weighted by Gasteiger charge is 2.13. The summed E-state index contributed by atoms with van der Waals surface area (Å²) in [6, 6.07) is 19.5. The Morgan fingerprint density at radius 1 is 1.14 bits per heavy atom. The van der Waals surface area contributed by atoms with Gasteiger partial charge in [-0.15, -0.1) is 11.3 Å². The number of carbonyl (C=O) groups is 1. The molecule has 9 heteroatoms. The second kappa shape index (κ2) is 8.29. The van der Waals surface area contributed by atoms with E-state index in [9.17, 15) is 14.9 Å². The van der Waals surface area contributed by atoms with Gasteiger partial charge >= 0.3 is 0 Å². The molecule has 2 aromatic carbocycles. The molecule has 144 valence electrons. The molecular formula is C20H13N3O4S2. The van der Waals surface area contributed by atoms with Gasteiger partial charge in [0.1, 0.15) is 5.76 Å². The van der Waals surface area contributed by atoms with Crippen molar-refractivity contribution in [3.05, 3.63) is 87.5 Å². The maximum Gasteiger partial charge on any atom is 0.281 e. The fraction of sp³-hybridized carbons (Fsp3) is 0. The van der Waals surface area contributed by atoms with Gasteiger partial charge in [0.25, 0.3) is 11.6 Å². The van der Waals surface area contributed by atoms with E-state index in [4.69, 9.17) is 4.42 Å². The number of thiophene rings is 1. The number of nitro groups is 1. The predicted molar refractivity (Wildman–Crippen MR) is 113 cm³/mol. The van der Waals surface area contributed by atoms with Crippen molar-refractivity contribution in [1.29, 1.82) is 0 Å². The number of nitro benzene ring substituents is 1. The number of amides is 1. The number of benzene rings is 2.